The van der Waals surface area contributed by atoms with Gasteiger partial charge in [-0.2, -0.15) is 0 Å². The fraction of sp³-hybridized carbons (Fsp3) is 0.929. The smallest absolute Gasteiger partial charge is 0.169 e. The van der Waals surface area contributed by atoms with Crippen LogP contribution in [0.4, 0.5) is 0 Å². The number of hydrogen-bond donors (Lipinski definition) is 2. The Hall–Kier alpha value is -0.350. The molecule has 1 saturated carbocycles. The standard InChI is InChI=1S/C14H26N2OS/c17-13-8-10-16(11-9-13)14(18)15-12-6-4-2-1-3-5-7-12/h12-13,17H,1-11H2,(H,15,18). The highest BCUT2D eigenvalue weighted by atomic mass is 32.1. The van der Waals surface area contributed by atoms with E-state index in [9.17, 15) is 5.11 Å². The molecule has 4 heteroatoms. The summed E-state index contributed by atoms with van der Waals surface area (Å²) in [5, 5.41) is 14.0. The average Bonchev–Trinajstić information content (AvgIpc) is 2.33. The third-order valence-electron chi connectivity index (χ3n) is 4.18. The summed E-state index contributed by atoms with van der Waals surface area (Å²) in [4.78, 5) is 2.22. The van der Waals surface area contributed by atoms with E-state index in [1.807, 2.05) is 0 Å². The summed E-state index contributed by atoms with van der Waals surface area (Å²) in [7, 11) is 0. The summed E-state index contributed by atoms with van der Waals surface area (Å²) >= 11 is 5.50. The lowest BCUT2D eigenvalue weighted by atomic mass is 9.97. The zero-order valence-corrected chi connectivity index (χ0v) is 12.1. The van der Waals surface area contributed by atoms with Crippen molar-refractivity contribution in [3.8, 4) is 0 Å². The second-order valence-electron chi connectivity index (χ2n) is 5.71. The third-order valence-corrected chi connectivity index (χ3v) is 4.56. The van der Waals surface area contributed by atoms with Gasteiger partial charge in [0.2, 0.25) is 0 Å². The molecule has 2 rings (SSSR count). The van der Waals surface area contributed by atoms with Crippen LogP contribution in [0.5, 0.6) is 0 Å². The van der Waals surface area contributed by atoms with Crippen LogP contribution in [-0.4, -0.2) is 40.4 Å². The molecule has 2 N–H and O–H groups in total. The highest BCUT2D eigenvalue weighted by Gasteiger charge is 2.20. The quantitative estimate of drug-likeness (QED) is 0.717. The number of nitrogens with zero attached hydrogens (tertiary/aromatic N) is 1. The Bertz CT molecular complexity index is 257. The van der Waals surface area contributed by atoms with Crippen LogP contribution < -0.4 is 5.32 Å². The lowest BCUT2D eigenvalue weighted by molar-refractivity contribution is 0.108. The predicted octanol–water partition coefficient (Wildman–Crippen LogP) is 2.43. The molecule has 0 aromatic heterocycles. The summed E-state index contributed by atoms with van der Waals surface area (Å²) in [6, 6.07) is 0.574. The third kappa shape index (κ3) is 4.39. The Kier molecular flexibility index (Phi) is 5.70. The van der Waals surface area contributed by atoms with Crippen molar-refractivity contribution in [1.82, 2.24) is 10.2 Å². The summed E-state index contributed by atoms with van der Waals surface area (Å²) in [5.74, 6) is 0. The molecule has 0 radical (unpaired) electrons. The molecular weight excluding hydrogens is 244 g/mol. The van der Waals surface area contributed by atoms with E-state index in [0.29, 0.717) is 6.04 Å². The van der Waals surface area contributed by atoms with E-state index in [4.69, 9.17) is 12.2 Å². The summed E-state index contributed by atoms with van der Waals surface area (Å²) < 4.78 is 0. The number of aliphatic hydroxyl groups is 1. The molecular formula is C14H26N2OS. The van der Waals surface area contributed by atoms with Crippen LogP contribution in [0.2, 0.25) is 0 Å². The van der Waals surface area contributed by atoms with Gasteiger partial charge in [-0.05, 0) is 37.9 Å². The molecule has 0 bridgehead atoms. The fourth-order valence-electron chi connectivity index (χ4n) is 2.94. The monoisotopic (exact) mass is 270 g/mol. The minimum absolute atomic E-state index is 0.120. The molecule has 0 aromatic carbocycles. The van der Waals surface area contributed by atoms with Gasteiger partial charge >= 0.3 is 0 Å². The van der Waals surface area contributed by atoms with Gasteiger partial charge in [0.05, 0.1) is 6.10 Å². The summed E-state index contributed by atoms with van der Waals surface area (Å²) in [6.07, 6.45) is 10.9. The van der Waals surface area contributed by atoms with Gasteiger partial charge in [-0.3, -0.25) is 0 Å². The number of likely N-dealkylation sites (tertiary alicyclic amines) is 1. The van der Waals surface area contributed by atoms with E-state index >= 15 is 0 Å². The minimum atomic E-state index is -0.120. The van der Waals surface area contributed by atoms with Crippen molar-refractivity contribution in [2.75, 3.05) is 13.1 Å². The van der Waals surface area contributed by atoms with E-state index in [-0.39, 0.29) is 6.10 Å². The zero-order chi connectivity index (χ0) is 12.8. The molecule has 18 heavy (non-hydrogen) atoms. The van der Waals surface area contributed by atoms with Crippen molar-refractivity contribution in [1.29, 1.82) is 0 Å². The molecule has 1 saturated heterocycles. The minimum Gasteiger partial charge on any atom is -0.393 e. The molecule has 0 aromatic rings. The van der Waals surface area contributed by atoms with Crippen LogP contribution in [0.1, 0.15) is 57.8 Å². The van der Waals surface area contributed by atoms with Crippen molar-refractivity contribution < 1.29 is 5.11 Å². The van der Waals surface area contributed by atoms with Crippen LogP contribution in [-0.2, 0) is 0 Å². The van der Waals surface area contributed by atoms with E-state index < -0.39 is 0 Å². The number of rotatable bonds is 1. The van der Waals surface area contributed by atoms with Crippen molar-refractivity contribution >= 4 is 17.3 Å². The van der Waals surface area contributed by atoms with E-state index in [1.54, 1.807) is 0 Å². The first-order valence-electron chi connectivity index (χ1n) is 7.49. The Balaban J connectivity index is 1.75. The van der Waals surface area contributed by atoms with Crippen LogP contribution in [0, 0.1) is 0 Å². The number of nitrogens with one attached hydrogen (secondary N) is 1. The highest BCUT2D eigenvalue weighted by molar-refractivity contribution is 7.80. The van der Waals surface area contributed by atoms with Gasteiger partial charge in [-0.1, -0.05) is 32.1 Å². The fourth-order valence-corrected chi connectivity index (χ4v) is 3.28. The lowest BCUT2D eigenvalue weighted by Gasteiger charge is -2.34. The average molecular weight is 270 g/mol. The first kappa shape index (κ1) is 14.1. The van der Waals surface area contributed by atoms with Crippen molar-refractivity contribution in [3.63, 3.8) is 0 Å². The number of thiocarbonyl (C=S) groups is 1. The molecule has 104 valence electrons. The molecule has 0 spiro atoms. The molecule has 0 unspecified atom stereocenters. The van der Waals surface area contributed by atoms with Gasteiger partial charge in [0.1, 0.15) is 0 Å². The van der Waals surface area contributed by atoms with Crippen LogP contribution in [0.25, 0.3) is 0 Å². The summed E-state index contributed by atoms with van der Waals surface area (Å²) in [5.41, 5.74) is 0. The maximum Gasteiger partial charge on any atom is 0.169 e. The Morgan fingerprint density at radius 2 is 1.50 bits per heavy atom. The maximum atomic E-state index is 9.51. The largest absolute Gasteiger partial charge is 0.393 e. The Morgan fingerprint density at radius 1 is 0.944 bits per heavy atom. The summed E-state index contributed by atoms with van der Waals surface area (Å²) in [6.45, 7) is 1.81. The first-order chi connectivity index (χ1) is 8.75. The van der Waals surface area contributed by atoms with Crippen LogP contribution in [0.3, 0.4) is 0 Å². The van der Waals surface area contributed by atoms with Gasteiger partial charge in [0.15, 0.2) is 5.11 Å². The SMILES string of the molecule is OC1CCN(C(=S)NC2CCCCCCC2)CC1. The van der Waals surface area contributed by atoms with Crippen molar-refractivity contribution in [3.05, 3.63) is 0 Å². The van der Waals surface area contributed by atoms with E-state index in [1.165, 1.54) is 44.9 Å². The lowest BCUT2D eigenvalue weighted by Crippen LogP contribution is -2.48. The van der Waals surface area contributed by atoms with E-state index in [0.717, 1.165) is 31.0 Å². The first-order valence-corrected chi connectivity index (χ1v) is 7.90. The molecule has 2 aliphatic rings. The van der Waals surface area contributed by atoms with Gasteiger partial charge in [-0.15, -0.1) is 0 Å². The number of hydrogen-bond acceptors (Lipinski definition) is 2. The highest BCUT2D eigenvalue weighted by Crippen LogP contribution is 2.18. The van der Waals surface area contributed by atoms with Gasteiger partial charge < -0.3 is 15.3 Å². The molecule has 1 heterocycles. The second-order valence-corrected chi connectivity index (χ2v) is 6.10. The van der Waals surface area contributed by atoms with Gasteiger partial charge in [0.25, 0.3) is 0 Å². The Morgan fingerprint density at radius 3 is 2.11 bits per heavy atom. The molecule has 3 nitrogen and oxygen atoms in total. The topological polar surface area (TPSA) is 35.5 Å². The van der Waals surface area contributed by atoms with Gasteiger partial charge in [0, 0.05) is 19.1 Å². The van der Waals surface area contributed by atoms with Crippen LogP contribution >= 0.6 is 12.2 Å². The normalized spacial score (nSPS) is 24.4. The van der Waals surface area contributed by atoms with Crippen molar-refractivity contribution in [2.45, 2.75) is 69.9 Å². The number of aliphatic hydroxyl groups excluding tert-OH is 1. The molecule has 1 aliphatic carbocycles. The molecule has 1 aliphatic heterocycles. The van der Waals surface area contributed by atoms with Crippen LogP contribution in [0.15, 0.2) is 0 Å². The van der Waals surface area contributed by atoms with E-state index in [2.05, 4.69) is 10.2 Å². The number of piperidine rings is 1. The maximum absolute atomic E-state index is 9.51. The second kappa shape index (κ2) is 7.29. The molecule has 2 fully saturated rings. The van der Waals surface area contributed by atoms with Crippen molar-refractivity contribution in [2.24, 2.45) is 0 Å². The Labute approximate surface area is 116 Å². The predicted molar refractivity (Wildman–Crippen MR) is 78.7 cm³/mol. The van der Waals surface area contributed by atoms with Gasteiger partial charge in [-0.25, -0.2) is 0 Å². The zero-order valence-electron chi connectivity index (χ0n) is 11.2. The molecule has 0 amide bonds. The molecule has 0 atom stereocenters.